The summed E-state index contributed by atoms with van der Waals surface area (Å²) in [5, 5.41) is 6.24. The van der Waals surface area contributed by atoms with E-state index in [4.69, 9.17) is 0 Å². The highest BCUT2D eigenvalue weighted by atomic mass is 15.0. The summed E-state index contributed by atoms with van der Waals surface area (Å²) >= 11 is 0. The van der Waals surface area contributed by atoms with Gasteiger partial charge in [-0.05, 0) is 13.8 Å². The zero-order valence-corrected chi connectivity index (χ0v) is 6.31. The van der Waals surface area contributed by atoms with E-state index in [0.29, 0.717) is 0 Å². The van der Waals surface area contributed by atoms with Crippen LogP contribution in [0.4, 0.5) is 0 Å². The van der Waals surface area contributed by atoms with E-state index in [9.17, 15) is 0 Å². The highest BCUT2D eigenvalue weighted by Gasteiger charge is 2.01. The fourth-order valence-corrected chi connectivity index (χ4v) is 0.896. The molecule has 0 spiro atoms. The molecular weight excluding hydrogens is 124 g/mol. The van der Waals surface area contributed by atoms with Gasteiger partial charge in [0.15, 0.2) is 0 Å². The van der Waals surface area contributed by atoms with Crippen LogP contribution in [0.15, 0.2) is 35.9 Å². The predicted molar refractivity (Wildman–Crippen MR) is 42.9 cm³/mol. The van der Waals surface area contributed by atoms with Crippen LogP contribution in [0.25, 0.3) is 0 Å². The molecule has 0 atom stereocenters. The van der Waals surface area contributed by atoms with E-state index in [1.807, 2.05) is 38.4 Å². The summed E-state index contributed by atoms with van der Waals surface area (Å²) in [5.74, 6) is 0. The van der Waals surface area contributed by atoms with Crippen molar-refractivity contribution < 1.29 is 0 Å². The molecule has 2 nitrogen and oxygen atoms in total. The van der Waals surface area contributed by atoms with Crippen LogP contribution in [0.1, 0.15) is 13.8 Å². The molecule has 1 aliphatic heterocycles. The smallest absolute Gasteiger partial charge is 0.0572 e. The van der Waals surface area contributed by atoms with Crippen molar-refractivity contribution in [1.29, 1.82) is 0 Å². The fourth-order valence-electron chi connectivity index (χ4n) is 0.896. The first-order valence-corrected chi connectivity index (χ1v) is 3.39. The minimum Gasteiger partial charge on any atom is -0.359 e. The van der Waals surface area contributed by atoms with Crippen LogP contribution in [-0.2, 0) is 0 Å². The first-order valence-electron chi connectivity index (χ1n) is 3.39. The van der Waals surface area contributed by atoms with Crippen molar-refractivity contribution in [2.24, 2.45) is 0 Å². The van der Waals surface area contributed by atoms with Gasteiger partial charge in [-0.3, -0.25) is 0 Å². The molecule has 1 aliphatic rings. The van der Waals surface area contributed by atoms with Gasteiger partial charge in [0.25, 0.3) is 0 Å². The van der Waals surface area contributed by atoms with Crippen molar-refractivity contribution in [3.8, 4) is 0 Å². The van der Waals surface area contributed by atoms with Crippen molar-refractivity contribution >= 4 is 0 Å². The van der Waals surface area contributed by atoms with Crippen LogP contribution >= 0.6 is 0 Å². The summed E-state index contributed by atoms with van der Waals surface area (Å²) in [4.78, 5) is 0. The summed E-state index contributed by atoms with van der Waals surface area (Å²) in [6, 6.07) is 0. The van der Waals surface area contributed by atoms with E-state index in [2.05, 4.69) is 10.6 Å². The lowest BCUT2D eigenvalue weighted by atomic mass is 10.2. The molecule has 0 aromatic rings. The molecule has 0 bridgehead atoms. The molecule has 0 amide bonds. The van der Waals surface area contributed by atoms with Gasteiger partial charge in [-0.1, -0.05) is 12.2 Å². The zero-order valence-electron chi connectivity index (χ0n) is 6.31. The maximum absolute atomic E-state index is 3.12. The summed E-state index contributed by atoms with van der Waals surface area (Å²) in [6.45, 7) is 4.01. The molecule has 2 N–H and O–H groups in total. The van der Waals surface area contributed by atoms with Crippen LogP contribution in [0.2, 0.25) is 0 Å². The van der Waals surface area contributed by atoms with Gasteiger partial charge in [0.05, 0.1) is 11.4 Å². The van der Waals surface area contributed by atoms with Crippen LogP contribution in [0.5, 0.6) is 0 Å². The minimum atomic E-state index is 1.13. The average Bonchev–Trinajstić information content (AvgIpc) is 2.04. The van der Waals surface area contributed by atoms with E-state index in [1.54, 1.807) is 0 Å². The molecule has 0 radical (unpaired) electrons. The van der Waals surface area contributed by atoms with Gasteiger partial charge < -0.3 is 10.6 Å². The van der Waals surface area contributed by atoms with Crippen LogP contribution in [0, 0.1) is 0 Å². The van der Waals surface area contributed by atoms with Crippen LogP contribution in [0.3, 0.4) is 0 Å². The third kappa shape index (κ3) is 1.21. The molecule has 1 rings (SSSR count). The standard InChI is InChI=1S/C8H12N2/c1-3-7-8(4-2)10-6-5-9-7/h3-6,9-10H,1-2H3/b7-3+,8-4+. The Kier molecular flexibility index (Phi) is 2.15. The van der Waals surface area contributed by atoms with Gasteiger partial charge in [0.1, 0.15) is 0 Å². The Bertz CT molecular complexity index is 177. The molecular formula is C8H12N2. The lowest BCUT2D eigenvalue weighted by molar-refractivity contribution is 0.908. The SMILES string of the molecule is C/C=C1/NC=CN/C1=C/C. The summed E-state index contributed by atoms with van der Waals surface area (Å²) in [5.41, 5.74) is 2.26. The maximum Gasteiger partial charge on any atom is 0.0572 e. The maximum atomic E-state index is 3.12. The largest absolute Gasteiger partial charge is 0.359 e. The molecule has 0 aromatic carbocycles. The summed E-state index contributed by atoms with van der Waals surface area (Å²) in [7, 11) is 0. The third-order valence-corrected chi connectivity index (χ3v) is 1.43. The number of hydrogen-bond acceptors (Lipinski definition) is 2. The predicted octanol–water partition coefficient (Wildman–Crippen LogP) is 1.46. The Morgan fingerprint density at radius 3 is 1.70 bits per heavy atom. The molecule has 0 unspecified atom stereocenters. The van der Waals surface area contributed by atoms with Crippen molar-refractivity contribution in [2.45, 2.75) is 13.8 Å². The Labute approximate surface area is 61.3 Å². The van der Waals surface area contributed by atoms with Gasteiger partial charge in [-0.2, -0.15) is 0 Å². The van der Waals surface area contributed by atoms with Crippen LogP contribution < -0.4 is 10.6 Å². The molecule has 0 saturated heterocycles. The molecule has 54 valence electrons. The van der Waals surface area contributed by atoms with E-state index in [1.165, 1.54) is 0 Å². The third-order valence-electron chi connectivity index (χ3n) is 1.43. The summed E-state index contributed by atoms with van der Waals surface area (Å²) < 4.78 is 0. The lowest BCUT2D eigenvalue weighted by Gasteiger charge is -2.15. The second kappa shape index (κ2) is 3.11. The van der Waals surface area contributed by atoms with Gasteiger partial charge in [0, 0.05) is 12.4 Å². The van der Waals surface area contributed by atoms with E-state index >= 15 is 0 Å². The molecule has 0 aliphatic carbocycles. The first-order chi connectivity index (χ1) is 4.88. The molecule has 1 heterocycles. The molecule has 0 saturated carbocycles. The highest BCUT2D eigenvalue weighted by Crippen LogP contribution is 2.05. The minimum absolute atomic E-state index is 1.13. The van der Waals surface area contributed by atoms with Crippen molar-refractivity contribution in [1.82, 2.24) is 10.6 Å². The number of rotatable bonds is 0. The quantitative estimate of drug-likeness (QED) is 0.526. The van der Waals surface area contributed by atoms with Crippen molar-refractivity contribution in [3.63, 3.8) is 0 Å². The van der Waals surface area contributed by atoms with Gasteiger partial charge in [-0.15, -0.1) is 0 Å². The Morgan fingerprint density at radius 1 is 1.00 bits per heavy atom. The van der Waals surface area contributed by atoms with Crippen molar-refractivity contribution in [2.75, 3.05) is 0 Å². The van der Waals surface area contributed by atoms with E-state index in [-0.39, 0.29) is 0 Å². The monoisotopic (exact) mass is 136 g/mol. The number of allylic oxidation sites excluding steroid dienone is 2. The Balaban J connectivity index is 2.83. The average molecular weight is 136 g/mol. The normalized spacial score (nSPS) is 24.6. The zero-order chi connectivity index (χ0) is 7.40. The van der Waals surface area contributed by atoms with Gasteiger partial charge >= 0.3 is 0 Å². The topological polar surface area (TPSA) is 24.1 Å². The number of hydrogen-bond donors (Lipinski definition) is 2. The molecule has 0 fully saturated rings. The van der Waals surface area contributed by atoms with E-state index < -0.39 is 0 Å². The van der Waals surface area contributed by atoms with E-state index in [0.717, 1.165) is 11.4 Å². The van der Waals surface area contributed by atoms with Crippen molar-refractivity contribution in [3.05, 3.63) is 35.9 Å². The van der Waals surface area contributed by atoms with Crippen LogP contribution in [-0.4, -0.2) is 0 Å². The number of nitrogens with one attached hydrogen (secondary N) is 2. The molecule has 0 aromatic heterocycles. The molecule has 10 heavy (non-hydrogen) atoms. The fraction of sp³-hybridized carbons (Fsp3) is 0.250. The lowest BCUT2D eigenvalue weighted by Crippen LogP contribution is -2.21. The second-order valence-electron chi connectivity index (χ2n) is 2.03. The van der Waals surface area contributed by atoms with Gasteiger partial charge in [-0.25, -0.2) is 0 Å². The first kappa shape index (κ1) is 6.93. The van der Waals surface area contributed by atoms with Gasteiger partial charge in [0.2, 0.25) is 0 Å². The Hall–Kier alpha value is -1.18. The second-order valence-corrected chi connectivity index (χ2v) is 2.03. The summed E-state index contributed by atoms with van der Waals surface area (Å²) in [6.07, 6.45) is 7.82. The Morgan fingerprint density at radius 2 is 1.40 bits per heavy atom. The molecule has 2 heteroatoms. The highest BCUT2D eigenvalue weighted by molar-refractivity contribution is 5.31.